The first-order valence-corrected chi connectivity index (χ1v) is 6.48. The number of rotatable bonds is 5. The average Bonchev–Trinajstić information content (AvgIpc) is 2.44. The molecule has 0 aliphatic heterocycles. The van der Waals surface area contributed by atoms with E-state index in [4.69, 9.17) is 4.74 Å². The van der Waals surface area contributed by atoms with Crippen LogP contribution in [-0.4, -0.2) is 11.7 Å². The summed E-state index contributed by atoms with van der Waals surface area (Å²) in [5.41, 5.74) is 1.36. The zero-order valence-electron chi connectivity index (χ0n) is 11.3. The van der Waals surface area contributed by atoms with Crippen LogP contribution in [0.15, 0.2) is 54.6 Å². The lowest BCUT2D eigenvalue weighted by molar-refractivity contribution is 0.194. The Morgan fingerprint density at radius 1 is 1.20 bits per heavy atom. The van der Waals surface area contributed by atoms with Crippen LogP contribution in [0.4, 0.5) is 4.39 Å². The molecule has 0 amide bonds. The van der Waals surface area contributed by atoms with Crippen LogP contribution in [-0.2, 0) is 0 Å². The minimum absolute atomic E-state index is 0.275. The number of aliphatic hydroxyl groups excluding tert-OH is 1. The van der Waals surface area contributed by atoms with Crippen molar-refractivity contribution >= 4 is 6.08 Å². The Kier molecular flexibility index (Phi) is 4.91. The summed E-state index contributed by atoms with van der Waals surface area (Å²) in [5, 5.41) is 9.34. The van der Waals surface area contributed by atoms with Gasteiger partial charge in [-0.2, -0.15) is 0 Å². The van der Waals surface area contributed by atoms with E-state index in [0.29, 0.717) is 12.4 Å². The van der Waals surface area contributed by atoms with Crippen LogP contribution in [0.1, 0.15) is 24.2 Å². The van der Waals surface area contributed by atoms with Gasteiger partial charge in [0, 0.05) is 11.6 Å². The summed E-state index contributed by atoms with van der Waals surface area (Å²) >= 11 is 0. The molecular weight excluding hydrogens is 255 g/mol. The monoisotopic (exact) mass is 272 g/mol. The van der Waals surface area contributed by atoms with Crippen LogP contribution in [0.3, 0.4) is 0 Å². The summed E-state index contributed by atoms with van der Waals surface area (Å²) in [4.78, 5) is 0. The Morgan fingerprint density at radius 3 is 2.60 bits per heavy atom. The Labute approximate surface area is 118 Å². The van der Waals surface area contributed by atoms with Crippen molar-refractivity contribution in [3.63, 3.8) is 0 Å². The lowest BCUT2D eigenvalue weighted by atomic mass is 10.1. The number of aliphatic hydroxyl groups is 1. The van der Waals surface area contributed by atoms with Crippen molar-refractivity contribution in [2.75, 3.05) is 6.61 Å². The van der Waals surface area contributed by atoms with Gasteiger partial charge in [-0.1, -0.05) is 36.4 Å². The largest absolute Gasteiger partial charge is 0.489 e. The summed E-state index contributed by atoms with van der Waals surface area (Å²) < 4.78 is 19.1. The Morgan fingerprint density at radius 2 is 1.95 bits per heavy atom. The SMILES string of the molecule is C[C@H](O)c1ccc(OC/C=C/c2ccccc2)cc1F. The minimum atomic E-state index is -0.818. The third kappa shape index (κ3) is 3.93. The molecule has 104 valence electrons. The van der Waals surface area contributed by atoms with Crippen molar-refractivity contribution < 1.29 is 14.2 Å². The molecule has 0 bridgehead atoms. The minimum Gasteiger partial charge on any atom is -0.489 e. The van der Waals surface area contributed by atoms with Crippen LogP contribution >= 0.6 is 0 Å². The van der Waals surface area contributed by atoms with Gasteiger partial charge < -0.3 is 9.84 Å². The maximum atomic E-state index is 13.6. The molecule has 0 radical (unpaired) electrons. The molecule has 2 nitrogen and oxygen atoms in total. The van der Waals surface area contributed by atoms with Gasteiger partial charge >= 0.3 is 0 Å². The average molecular weight is 272 g/mol. The number of hydrogen-bond donors (Lipinski definition) is 1. The molecule has 2 aromatic carbocycles. The molecule has 1 atom stereocenters. The molecule has 0 aliphatic carbocycles. The third-order valence-corrected chi connectivity index (χ3v) is 2.88. The van der Waals surface area contributed by atoms with Gasteiger partial charge in [0.05, 0.1) is 6.10 Å². The topological polar surface area (TPSA) is 29.5 Å². The molecule has 1 N–H and O–H groups in total. The van der Waals surface area contributed by atoms with Crippen molar-refractivity contribution in [2.45, 2.75) is 13.0 Å². The quantitative estimate of drug-likeness (QED) is 0.892. The molecule has 0 heterocycles. The third-order valence-electron chi connectivity index (χ3n) is 2.88. The van der Waals surface area contributed by atoms with E-state index in [9.17, 15) is 9.50 Å². The van der Waals surface area contributed by atoms with Gasteiger partial charge in [-0.15, -0.1) is 0 Å². The molecule has 20 heavy (non-hydrogen) atoms. The normalized spacial score (nSPS) is 12.6. The summed E-state index contributed by atoms with van der Waals surface area (Å²) in [6.07, 6.45) is 3.00. The lowest BCUT2D eigenvalue weighted by Gasteiger charge is -2.08. The smallest absolute Gasteiger partial charge is 0.132 e. The van der Waals surface area contributed by atoms with E-state index in [1.165, 1.54) is 19.1 Å². The first-order valence-electron chi connectivity index (χ1n) is 6.48. The Bertz CT molecular complexity index is 577. The van der Waals surface area contributed by atoms with E-state index in [1.54, 1.807) is 6.07 Å². The van der Waals surface area contributed by atoms with Crippen molar-refractivity contribution in [1.82, 2.24) is 0 Å². The Hall–Kier alpha value is -2.13. The number of hydrogen-bond acceptors (Lipinski definition) is 2. The van der Waals surface area contributed by atoms with Gasteiger partial charge in [0.2, 0.25) is 0 Å². The molecular formula is C17H17FO2. The number of halogens is 1. The van der Waals surface area contributed by atoms with Gasteiger partial charge in [-0.25, -0.2) is 4.39 Å². The molecule has 2 rings (SSSR count). The predicted octanol–water partition coefficient (Wildman–Crippen LogP) is 3.97. The fraction of sp³-hybridized carbons (Fsp3) is 0.176. The van der Waals surface area contributed by atoms with Gasteiger partial charge in [-0.05, 0) is 30.7 Å². The fourth-order valence-electron chi connectivity index (χ4n) is 1.83. The highest BCUT2D eigenvalue weighted by atomic mass is 19.1. The number of ether oxygens (including phenoxy) is 1. The van der Waals surface area contributed by atoms with Crippen molar-refractivity contribution in [1.29, 1.82) is 0 Å². The second-order valence-electron chi connectivity index (χ2n) is 4.48. The second kappa shape index (κ2) is 6.87. The van der Waals surface area contributed by atoms with Gasteiger partial charge in [0.25, 0.3) is 0 Å². The van der Waals surface area contributed by atoms with Crippen molar-refractivity contribution in [3.05, 3.63) is 71.6 Å². The summed E-state index contributed by atoms with van der Waals surface area (Å²) in [6.45, 7) is 1.89. The molecule has 0 fully saturated rings. The fourth-order valence-corrected chi connectivity index (χ4v) is 1.83. The first-order chi connectivity index (χ1) is 9.66. The molecule has 2 aromatic rings. The summed E-state index contributed by atoms with van der Waals surface area (Å²) in [5.74, 6) is -0.00542. The molecule has 0 saturated carbocycles. The maximum Gasteiger partial charge on any atom is 0.132 e. The molecule has 0 unspecified atom stereocenters. The van der Waals surface area contributed by atoms with Gasteiger partial charge in [-0.3, -0.25) is 0 Å². The van der Waals surface area contributed by atoms with Gasteiger partial charge in [0.1, 0.15) is 18.2 Å². The zero-order chi connectivity index (χ0) is 14.4. The second-order valence-corrected chi connectivity index (χ2v) is 4.48. The highest BCUT2D eigenvalue weighted by Crippen LogP contribution is 2.21. The zero-order valence-corrected chi connectivity index (χ0v) is 11.3. The van der Waals surface area contributed by atoms with E-state index in [-0.39, 0.29) is 5.56 Å². The van der Waals surface area contributed by atoms with E-state index >= 15 is 0 Å². The highest BCUT2D eigenvalue weighted by Gasteiger charge is 2.08. The maximum absolute atomic E-state index is 13.6. The summed E-state index contributed by atoms with van der Waals surface area (Å²) in [6, 6.07) is 14.4. The van der Waals surface area contributed by atoms with Crippen LogP contribution in [0, 0.1) is 5.82 Å². The van der Waals surface area contributed by atoms with E-state index in [2.05, 4.69) is 0 Å². The van der Waals surface area contributed by atoms with E-state index in [1.807, 2.05) is 42.5 Å². The standard InChI is InChI=1S/C17H17FO2/c1-13(19)16-10-9-15(12-17(16)18)20-11-5-8-14-6-3-2-4-7-14/h2-10,12-13,19H,11H2,1H3/b8-5+/t13-/m0/s1. The molecule has 0 spiro atoms. The van der Waals surface area contributed by atoms with Crippen LogP contribution in [0.2, 0.25) is 0 Å². The van der Waals surface area contributed by atoms with E-state index in [0.717, 1.165) is 5.56 Å². The first kappa shape index (κ1) is 14.3. The molecule has 3 heteroatoms. The van der Waals surface area contributed by atoms with Crippen LogP contribution in [0.25, 0.3) is 6.08 Å². The Balaban J connectivity index is 1.92. The molecule has 0 aliphatic rings. The van der Waals surface area contributed by atoms with Crippen molar-refractivity contribution in [2.24, 2.45) is 0 Å². The van der Waals surface area contributed by atoms with Crippen LogP contribution in [0.5, 0.6) is 5.75 Å². The lowest BCUT2D eigenvalue weighted by Crippen LogP contribution is -1.98. The summed E-state index contributed by atoms with van der Waals surface area (Å²) in [7, 11) is 0. The van der Waals surface area contributed by atoms with Crippen LogP contribution < -0.4 is 4.74 Å². The number of benzene rings is 2. The van der Waals surface area contributed by atoms with E-state index < -0.39 is 11.9 Å². The van der Waals surface area contributed by atoms with Gasteiger partial charge in [0.15, 0.2) is 0 Å². The van der Waals surface area contributed by atoms with Crippen molar-refractivity contribution in [3.8, 4) is 5.75 Å². The highest BCUT2D eigenvalue weighted by molar-refractivity contribution is 5.48. The molecule has 0 aromatic heterocycles. The predicted molar refractivity (Wildman–Crippen MR) is 78.0 cm³/mol. The molecule has 0 saturated heterocycles.